The molecular weight excluding hydrogens is 368 g/mol. The fraction of sp³-hybridized carbons (Fsp3) is 0.474. The van der Waals surface area contributed by atoms with Crippen molar-refractivity contribution in [1.29, 1.82) is 0 Å². The molecule has 0 radical (unpaired) electrons. The Bertz CT molecular complexity index is 923. The summed E-state index contributed by atoms with van der Waals surface area (Å²) in [5.74, 6) is -0.234. The van der Waals surface area contributed by atoms with E-state index in [9.17, 15) is 14.7 Å². The zero-order chi connectivity index (χ0) is 18.3. The van der Waals surface area contributed by atoms with Crippen LogP contribution in [0.3, 0.4) is 0 Å². The highest BCUT2D eigenvalue weighted by Crippen LogP contribution is 2.42. The summed E-state index contributed by atoms with van der Waals surface area (Å²) in [6.45, 7) is 1.88. The maximum atomic E-state index is 12.9. The van der Waals surface area contributed by atoms with E-state index < -0.39 is 5.97 Å². The maximum absolute atomic E-state index is 12.9. The van der Waals surface area contributed by atoms with Gasteiger partial charge in [0, 0.05) is 32.9 Å². The number of rotatable bonds is 5. The fourth-order valence-electron chi connectivity index (χ4n) is 3.93. The highest BCUT2D eigenvalue weighted by molar-refractivity contribution is 7.14. The first-order valence-electron chi connectivity index (χ1n) is 8.97. The molecule has 0 aromatic carbocycles. The predicted molar refractivity (Wildman–Crippen MR) is 102 cm³/mol. The van der Waals surface area contributed by atoms with Crippen molar-refractivity contribution in [2.75, 3.05) is 0 Å². The van der Waals surface area contributed by atoms with E-state index in [4.69, 9.17) is 0 Å². The molecule has 0 saturated carbocycles. The normalized spacial score (nSPS) is 16.8. The second kappa shape index (κ2) is 7.04. The van der Waals surface area contributed by atoms with Gasteiger partial charge in [0.2, 0.25) is 0 Å². The maximum Gasteiger partial charge on any atom is 0.331 e. The van der Waals surface area contributed by atoms with E-state index in [0.717, 1.165) is 47.0 Å². The molecule has 2 aliphatic rings. The average molecular weight is 389 g/mol. The van der Waals surface area contributed by atoms with Crippen molar-refractivity contribution >= 4 is 34.6 Å². The highest BCUT2D eigenvalue weighted by atomic mass is 32.1. The van der Waals surface area contributed by atoms with Gasteiger partial charge in [-0.15, -0.1) is 11.3 Å². The molecule has 0 spiro atoms. The lowest BCUT2D eigenvalue weighted by molar-refractivity contribution is -0.133. The summed E-state index contributed by atoms with van der Waals surface area (Å²) in [5.41, 5.74) is 3.26. The number of carbonyl (C=O) groups is 2. The number of carbonyl (C=O) groups excluding carboxylic acids is 1. The number of Topliss-reactive ketones (excluding diaryl/α,β-unsaturated/α-hetero) is 1. The van der Waals surface area contributed by atoms with Crippen LogP contribution in [0.4, 0.5) is 0 Å². The third-order valence-electron chi connectivity index (χ3n) is 5.12. The quantitative estimate of drug-likeness (QED) is 0.833. The molecule has 0 unspecified atom stereocenters. The molecule has 136 valence electrons. The third-order valence-corrected chi connectivity index (χ3v) is 7.23. The Hall–Kier alpha value is -1.86. The summed E-state index contributed by atoms with van der Waals surface area (Å²) < 4.78 is 4.32. The molecule has 4 rings (SSSR count). The van der Waals surface area contributed by atoms with Crippen LogP contribution in [0.15, 0.2) is 11.1 Å². The SMILES string of the molecule is Cc1nsc(-c2c(CC(=O)C3=C(C(=O)O)CCC3)sc3c2CCCC3)n1. The Balaban J connectivity index is 1.73. The monoisotopic (exact) mass is 388 g/mol. The smallest absolute Gasteiger partial charge is 0.331 e. The molecule has 7 heteroatoms. The number of aromatic nitrogens is 2. The highest BCUT2D eigenvalue weighted by Gasteiger charge is 2.29. The summed E-state index contributed by atoms with van der Waals surface area (Å²) >= 11 is 3.10. The van der Waals surface area contributed by atoms with Crippen molar-refractivity contribution < 1.29 is 14.7 Å². The van der Waals surface area contributed by atoms with Crippen molar-refractivity contribution in [1.82, 2.24) is 9.36 Å². The van der Waals surface area contributed by atoms with Gasteiger partial charge >= 0.3 is 5.97 Å². The van der Waals surface area contributed by atoms with Crippen LogP contribution in [-0.4, -0.2) is 26.2 Å². The number of fused-ring (bicyclic) bond motifs is 1. The van der Waals surface area contributed by atoms with E-state index in [2.05, 4.69) is 9.36 Å². The van der Waals surface area contributed by atoms with Gasteiger partial charge < -0.3 is 5.11 Å². The van der Waals surface area contributed by atoms with Gasteiger partial charge in [0.25, 0.3) is 0 Å². The van der Waals surface area contributed by atoms with Crippen molar-refractivity contribution in [3.8, 4) is 10.6 Å². The average Bonchev–Trinajstić information content (AvgIpc) is 3.31. The van der Waals surface area contributed by atoms with Crippen molar-refractivity contribution in [3.63, 3.8) is 0 Å². The van der Waals surface area contributed by atoms with Crippen LogP contribution < -0.4 is 0 Å². The molecule has 2 heterocycles. The Labute approximate surface area is 160 Å². The number of allylic oxidation sites excluding steroid dienone is 1. The minimum atomic E-state index is -0.948. The van der Waals surface area contributed by atoms with Gasteiger partial charge in [0.15, 0.2) is 5.78 Å². The minimum Gasteiger partial charge on any atom is -0.478 e. The molecule has 0 amide bonds. The Kier molecular flexibility index (Phi) is 4.75. The van der Waals surface area contributed by atoms with Crippen molar-refractivity contribution in [2.24, 2.45) is 0 Å². The largest absolute Gasteiger partial charge is 0.478 e. The Morgan fingerprint density at radius 2 is 1.85 bits per heavy atom. The number of hydrogen-bond donors (Lipinski definition) is 1. The Morgan fingerprint density at radius 3 is 2.58 bits per heavy atom. The summed E-state index contributed by atoms with van der Waals surface area (Å²) in [6, 6.07) is 0. The van der Waals surface area contributed by atoms with Crippen LogP contribution in [-0.2, 0) is 28.9 Å². The molecule has 2 aromatic heterocycles. The van der Waals surface area contributed by atoms with Crippen LogP contribution in [0, 0.1) is 6.92 Å². The first-order chi connectivity index (χ1) is 12.5. The second-order valence-electron chi connectivity index (χ2n) is 6.87. The predicted octanol–water partition coefficient (Wildman–Crippen LogP) is 4.13. The fourth-order valence-corrected chi connectivity index (χ4v) is 6.17. The van der Waals surface area contributed by atoms with Gasteiger partial charge in [0.1, 0.15) is 10.8 Å². The standard InChI is InChI=1S/C19H20N2O3S2/c1-10-20-18(26-21-10)17-13-5-2-3-8-15(13)25-16(17)9-14(22)11-6-4-7-12(11)19(23)24/h2-9H2,1H3,(H,23,24). The van der Waals surface area contributed by atoms with Crippen LogP contribution >= 0.6 is 22.9 Å². The van der Waals surface area contributed by atoms with Gasteiger partial charge in [-0.25, -0.2) is 9.78 Å². The van der Waals surface area contributed by atoms with Gasteiger partial charge in [-0.05, 0) is 69.0 Å². The molecule has 0 fully saturated rings. The molecule has 5 nitrogen and oxygen atoms in total. The third kappa shape index (κ3) is 3.14. The lowest BCUT2D eigenvalue weighted by Gasteiger charge is -2.11. The van der Waals surface area contributed by atoms with E-state index in [1.54, 1.807) is 11.3 Å². The summed E-state index contributed by atoms with van der Waals surface area (Å²) in [5, 5.41) is 10.2. The second-order valence-corrected chi connectivity index (χ2v) is 8.81. The first kappa shape index (κ1) is 17.5. The zero-order valence-corrected chi connectivity index (χ0v) is 16.3. The van der Waals surface area contributed by atoms with Gasteiger partial charge in [-0.1, -0.05) is 0 Å². The number of thiophene rings is 1. The minimum absolute atomic E-state index is 0.0408. The zero-order valence-electron chi connectivity index (χ0n) is 14.6. The topological polar surface area (TPSA) is 80.2 Å². The van der Waals surface area contributed by atoms with Crippen LogP contribution in [0.1, 0.15) is 53.2 Å². The number of aliphatic carboxylic acids is 1. The number of ketones is 1. The van der Waals surface area contributed by atoms with Gasteiger partial charge in [0.05, 0.1) is 0 Å². The van der Waals surface area contributed by atoms with Crippen LogP contribution in [0.25, 0.3) is 10.6 Å². The molecule has 1 N–H and O–H groups in total. The van der Waals surface area contributed by atoms with E-state index in [-0.39, 0.29) is 12.2 Å². The van der Waals surface area contributed by atoms with Gasteiger partial charge in [-0.3, -0.25) is 4.79 Å². The molecule has 0 saturated heterocycles. The van der Waals surface area contributed by atoms with Gasteiger partial charge in [-0.2, -0.15) is 4.37 Å². The van der Waals surface area contributed by atoms with E-state index in [1.807, 2.05) is 6.92 Å². The molecule has 2 aliphatic carbocycles. The number of hydrogen-bond acceptors (Lipinski definition) is 6. The molecule has 2 aromatic rings. The molecule has 0 atom stereocenters. The molecule has 26 heavy (non-hydrogen) atoms. The lowest BCUT2D eigenvalue weighted by atomic mass is 9.93. The number of carboxylic acids is 1. The first-order valence-corrected chi connectivity index (χ1v) is 10.6. The van der Waals surface area contributed by atoms with Crippen LogP contribution in [0.5, 0.6) is 0 Å². The summed E-state index contributed by atoms with van der Waals surface area (Å²) in [4.78, 5) is 31.2. The van der Waals surface area contributed by atoms with Crippen LogP contribution in [0.2, 0.25) is 0 Å². The summed E-state index contributed by atoms with van der Waals surface area (Å²) in [6.07, 6.45) is 6.54. The van der Waals surface area contributed by atoms with E-state index in [1.165, 1.54) is 28.4 Å². The molecular formula is C19H20N2O3S2. The van der Waals surface area contributed by atoms with Crippen molar-refractivity contribution in [3.05, 3.63) is 32.3 Å². The lowest BCUT2D eigenvalue weighted by Crippen LogP contribution is -2.10. The van der Waals surface area contributed by atoms with E-state index >= 15 is 0 Å². The molecule has 0 bridgehead atoms. The van der Waals surface area contributed by atoms with Crippen molar-refractivity contribution in [2.45, 2.75) is 58.3 Å². The number of nitrogens with zero attached hydrogens (tertiary/aromatic N) is 2. The summed E-state index contributed by atoms with van der Waals surface area (Å²) in [7, 11) is 0. The number of aryl methyl sites for hydroxylation is 2. The number of carboxylic acid groups (broad SMARTS) is 1. The van der Waals surface area contributed by atoms with E-state index in [0.29, 0.717) is 24.0 Å². The Morgan fingerprint density at radius 1 is 1.08 bits per heavy atom. The molecule has 0 aliphatic heterocycles.